The Morgan fingerprint density at radius 2 is 1.70 bits per heavy atom. The van der Waals surface area contributed by atoms with Crippen LogP contribution >= 0.6 is 0 Å². The third-order valence-corrected chi connectivity index (χ3v) is 5.49. The van der Waals surface area contributed by atoms with Gasteiger partial charge in [-0.2, -0.15) is 0 Å². The molecule has 0 amide bonds. The topological polar surface area (TPSA) is 35.7 Å². The van der Waals surface area contributed by atoms with E-state index in [4.69, 9.17) is 5.73 Å². The van der Waals surface area contributed by atoms with Gasteiger partial charge in [-0.3, -0.25) is 9.80 Å². The van der Waals surface area contributed by atoms with Gasteiger partial charge in [0.1, 0.15) is 0 Å². The molecule has 4 heteroatoms. The second-order valence-corrected chi connectivity index (χ2v) is 7.24. The van der Waals surface area contributed by atoms with E-state index in [2.05, 4.69) is 35.7 Å². The molecule has 1 aliphatic heterocycles. The van der Waals surface area contributed by atoms with Crippen molar-refractivity contribution >= 4 is 0 Å². The van der Waals surface area contributed by atoms with Gasteiger partial charge in [0.2, 0.25) is 0 Å². The minimum absolute atomic E-state index is 0.320. The monoisotopic (exact) mass is 282 g/mol. The molecule has 1 saturated heterocycles. The molecule has 0 spiro atoms. The molecular weight excluding hydrogens is 248 g/mol. The second kappa shape index (κ2) is 7.21. The summed E-state index contributed by atoms with van der Waals surface area (Å²) in [5.41, 5.74) is 6.51. The Kier molecular flexibility index (Phi) is 5.84. The lowest BCUT2D eigenvalue weighted by atomic mass is 9.75. The van der Waals surface area contributed by atoms with E-state index < -0.39 is 0 Å². The van der Waals surface area contributed by atoms with Crippen molar-refractivity contribution in [3.05, 3.63) is 0 Å². The second-order valence-electron chi connectivity index (χ2n) is 7.24. The normalized spacial score (nSPS) is 33.8. The first kappa shape index (κ1) is 16.2. The fourth-order valence-electron chi connectivity index (χ4n) is 3.74. The first-order valence-electron chi connectivity index (χ1n) is 8.38. The number of hydrogen-bond donors (Lipinski definition) is 1. The van der Waals surface area contributed by atoms with Crippen LogP contribution in [0.2, 0.25) is 0 Å². The van der Waals surface area contributed by atoms with Crippen molar-refractivity contribution < 1.29 is 0 Å². The fraction of sp³-hybridized carbons (Fsp3) is 1.00. The Morgan fingerprint density at radius 3 is 2.20 bits per heavy atom. The summed E-state index contributed by atoms with van der Waals surface area (Å²) in [5, 5.41) is 0. The Balaban J connectivity index is 1.82. The van der Waals surface area contributed by atoms with Crippen molar-refractivity contribution in [1.29, 1.82) is 0 Å². The molecule has 0 radical (unpaired) electrons. The first-order chi connectivity index (χ1) is 9.55. The molecule has 1 heterocycles. The van der Waals surface area contributed by atoms with Gasteiger partial charge < -0.3 is 10.6 Å². The van der Waals surface area contributed by atoms with Gasteiger partial charge in [-0.1, -0.05) is 6.92 Å². The molecule has 0 bridgehead atoms. The van der Waals surface area contributed by atoms with Gasteiger partial charge in [0.15, 0.2) is 0 Å². The maximum Gasteiger partial charge on any atom is 0.0333 e. The minimum Gasteiger partial charge on any atom is -0.329 e. The van der Waals surface area contributed by atoms with Gasteiger partial charge in [-0.15, -0.1) is 0 Å². The zero-order valence-electron chi connectivity index (χ0n) is 13.8. The van der Waals surface area contributed by atoms with Crippen LogP contribution in [-0.2, 0) is 0 Å². The van der Waals surface area contributed by atoms with E-state index in [0.29, 0.717) is 5.54 Å². The van der Waals surface area contributed by atoms with Crippen LogP contribution in [0.15, 0.2) is 0 Å². The van der Waals surface area contributed by atoms with Crippen molar-refractivity contribution in [2.45, 2.75) is 38.1 Å². The van der Waals surface area contributed by atoms with E-state index >= 15 is 0 Å². The fourth-order valence-corrected chi connectivity index (χ4v) is 3.74. The minimum atomic E-state index is 0.320. The predicted octanol–water partition coefficient (Wildman–Crippen LogP) is 1.07. The number of rotatable bonds is 5. The zero-order chi connectivity index (χ0) is 14.6. The van der Waals surface area contributed by atoms with Crippen molar-refractivity contribution in [1.82, 2.24) is 14.7 Å². The Hall–Kier alpha value is -0.160. The van der Waals surface area contributed by atoms with Crippen LogP contribution in [0.5, 0.6) is 0 Å². The molecule has 0 atom stereocenters. The molecule has 4 nitrogen and oxygen atoms in total. The van der Waals surface area contributed by atoms with E-state index in [0.717, 1.165) is 12.5 Å². The summed E-state index contributed by atoms with van der Waals surface area (Å²) >= 11 is 0. The Labute approximate surface area is 125 Å². The molecule has 0 aromatic carbocycles. The van der Waals surface area contributed by atoms with Crippen molar-refractivity contribution in [3.63, 3.8) is 0 Å². The summed E-state index contributed by atoms with van der Waals surface area (Å²) in [6, 6.07) is 0. The number of piperazine rings is 1. The van der Waals surface area contributed by atoms with Crippen LogP contribution < -0.4 is 5.73 Å². The quantitative estimate of drug-likeness (QED) is 0.818. The average molecular weight is 282 g/mol. The highest BCUT2D eigenvalue weighted by atomic mass is 15.3. The van der Waals surface area contributed by atoms with Gasteiger partial charge in [0.25, 0.3) is 0 Å². The molecule has 1 saturated carbocycles. The van der Waals surface area contributed by atoms with Gasteiger partial charge in [0, 0.05) is 51.4 Å². The molecular formula is C16H34N4. The van der Waals surface area contributed by atoms with E-state index in [1.807, 2.05) is 0 Å². The molecule has 2 rings (SSSR count). The Morgan fingerprint density at radius 1 is 1.10 bits per heavy atom. The lowest BCUT2D eigenvalue weighted by Gasteiger charge is -2.50. The van der Waals surface area contributed by atoms with Crippen LogP contribution in [-0.4, -0.2) is 80.1 Å². The molecule has 0 unspecified atom stereocenters. The van der Waals surface area contributed by atoms with Crippen LogP contribution in [0.3, 0.4) is 0 Å². The van der Waals surface area contributed by atoms with Crippen LogP contribution in [0.4, 0.5) is 0 Å². The summed E-state index contributed by atoms with van der Waals surface area (Å²) in [7, 11) is 4.31. The maximum atomic E-state index is 6.19. The van der Waals surface area contributed by atoms with Crippen molar-refractivity contribution in [2.24, 2.45) is 11.7 Å². The maximum absolute atomic E-state index is 6.19. The summed E-state index contributed by atoms with van der Waals surface area (Å²) in [6.45, 7) is 10.4. The van der Waals surface area contributed by atoms with Gasteiger partial charge in [0.05, 0.1) is 0 Å². The summed E-state index contributed by atoms with van der Waals surface area (Å²) in [6.07, 6.45) is 5.33. The molecule has 2 fully saturated rings. The highest BCUT2D eigenvalue weighted by Crippen LogP contribution is 2.36. The highest BCUT2D eigenvalue weighted by Gasteiger charge is 2.39. The van der Waals surface area contributed by atoms with E-state index in [1.54, 1.807) is 0 Å². The predicted molar refractivity (Wildman–Crippen MR) is 86.0 cm³/mol. The smallest absolute Gasteiger partial charge is 0.0333 e. The number of hydrogen-bond acceptors (Lipinski definition) is 4. The molecule has 118 valence electrons. The number of nitrogens with two attached hydrogens (primary N) is 1. The average Bonchev–Trinajstić information content (AvgIpc) is 2.47. The summed E-state index contributed by atoms with van der Waals surface area (Å²) in [5.74, 6) is 0.899. The Bertz CT molecular complexity index is 276. The molecule has 0 aromatic rings. The zero-order valence-corrected chi connectivity index (χ0v) is 13.8. The SMILES string of the molecule is CC1CCC(CN)(N2CCN(CCN(C)C)CC2)CC1. The highest BCUT2D eigenvalue weighted by molar-refractivity contribution is 4.97. The largest absolute Gasteiger partial charge is 0.329 e. The molecule has 20 heavy (non-hydrogen) atoms. The molecule has 1 aliphatic carbocycles. The third-order valence-electron chi connectivity index (χ3n) is 5.49. The summed E-state index contributed by atoms with van der Waals surface area (Å²) < 4.78 is 0. The van der Waals surface area contributed by atoms with Crippen LogP contribution in [0.1, 0.15) is 32.6 Å². The third kappa shape index (κ3) is 3.94. The molecule has 2 aliphatic rings. The van der Waals surface area contributed by atoms with Gasteiger partial charge >= 0.3 is 0 Å². The van der Waals surface area contributed by atoms with E-state index in [-0.39, 0.29) is 0 Å². The number of likely N-dealkylation sites (N-methyl/N-ethyl adjacent to an activating group) is 1. The lowest BCUT2D eigenvalue weighted by Crippen LogP contribution is -2.61. The van der Waals surface area contributed by atoms with Crippen LogP contribution in [0.25, 0.3) is 0 Å². The molecule has 0 aromatic heterocycles. The van der Waals surface area contributed by atoms with Gasteiger partial charge in [-0.25, -0.2) is 0 Å². The first-order valence-corrected chi connectivity index (χ1v) is 8.38. The van der Waals surface area contributed by atoms with Crippen LogP contribution in [0, 0.1) is 5.92 Å². The van der Waals surface area contributed by atoms with Crippen molar-refractivity contribution in [2.75, 3.05) is 59.9 Å². The van der Waals surface area contributed by atoms with E-state index in [9.17, 15) is 0 Å². The van der Waals surface area contributed by atoms with Crippen molar-refractivity contribution in [3.8, 4) is 0 Å². The lowest BCUT2D eigenvalue weighted by molar-refractivity contribution is 0.00423. The number of nitrogens with zero attached hydrogens (tertiary/aromatic N) is 3. The standard InChI is InChI=1S/C16H34N4/c1-15-4-6-16(14-17,7-5-15)20-12-10-19(11-13-20)9-8-18(2)3/h15H,4-14,17H2,1-3H3. The molecule has 2 N–H and O–H groups in total. The van der Waals surface area contributed by atoms with E-state index in [1.165, 1.54) is 65.0 Å². The summed E-state index contributed by atoms with van der Waals surface area (Å²) in [4.78, 5) is 7.59. The van der Waals surface area contributed by atoms with Gasteiger partial charge in [-0.05, 0) is 45.7 Å².